The fraction of sp³-hybridized carbons (Fsp3) is 0.316. The molecule has 0 aromatic heterocycles. The van der Waals surface area contributed by atoms with Gasteiger partial charge >= 0.3 is 11.9 Å². The van der Waals surface area contributed by atoms with Crippen LogP contribution in [0, 0.1) is 0 Å². The molecule has 6 rings (SSSR count). The Hall–Kier alpha value is -4.22. The Bertz CT molecular complexity index is 1520. The van der Waals surface area contributed by atoms with Crippen molar-refractivity contribution < 1.29 is 23.8 Å². The van der Waals surface area contributed by atoms with E-state index in [9.17, 15) is 9.59 Å². The predicted molar refractivity (Wildman–Crippen MR) is 168 cm³/mol. The SMILES string of the molecule is CC(CC(=O)OCCOCCOC(=O)CC(C)c1cccc2c1Cc1ccccc1-2)c1cccc2c1Cc1ccccc1-2. The average Bonchev–Trinajstić information content (AvgIpc) is 3.59. The molecule has 0 heterocycles. The normalized spacial score (nSPS) is 13.8. The molecule has 220 valence electrons. The van der Waals surface area contributed by atoms with Crippen LogP contribution in [0.25, 0.3) is 22.3 Å². The number of carbonyl (C=O) groups is 2. The quantitative estimate of drug-likeness (QED) is 0.111. The molecular weight excluding hydrogens is 536 g/mol. The lowest BCUT2D eigenvalue weighted by Crippen LogP contribution is -2.16. The van der Waals surface area contributed by atoms with Gasteiger partial charge in [-0.3, -0.25) is 9.59 Å². The van der Waals surface area contributed by atoms with Crippen LogP contribution in [0.1, 0.15) is 71.9 Å². The van der Waals surface area contributed by atoms with Gasteiger partial charge in [0.2, 0.25) is 0 Å². The average molecular weight is 575 g/mol. The van der Waals surface area contributed by atoms with Gasteiger partial charge in [-0.2, -0.15) is 0 Å². The number of esters is 2. The molecule has 2 aliphatic carbocycles. The van der Waals surface area contributed by atoms with E-state index >= 15 is 0 Å². The maximum Gasteiger partial charge on any atom is 0.306 e. The van der Waals surface area contributed by atoms with E-state index in [1.165, 1.54) is 55.6 Å². The van der Waals surface area contributed by atoms with E-state index in [0.717, 1.165) is 12.8 Å². The van der Waals surface area contributed by atoms with Crippen LogP contribution in [0.5, 0.6) is 0 Å². The second-order valence-electron chi connectivity index (χ2n) is 11.7. The van der Waals surface area contributed by atoms with E-state index in [4.69, 9.17) is 14.2 Å². The second-order valence-corrected chi connectivity index (χ2v) is 11.7. The summed E-state index contributed by atoms with van der Waals surface area (Å²) in [5.41, 5.74) is 12.8. The molecule has 0 fully saturated rings. The van der Waals surface area contributed by atoms with Crippen LogP contribution in [-0.4, -0.2) is 38.4 Å². The summed E-state index contributed by atoms with van der Waals surface area (Å²) in [6.07, 6.45) is 2.45. The summed E-state index contributed by atoms with van der Waals surface area (Å²) < 4.78 is 16.4. The van der Waals surface area contributed by atoms with Gasteiger partial charge in [0, 0.05) is 0 Å². The molecule has 2 atom stereocenters. The summed E-state index contributed by atoms with van der Waals surface area (Å²) in [4.78, 5) is 25.1. The Morgan fingerprint density at radius 3 is 1.44 bits per heavy atom. The lowest BCUT2D eigenvalue weighted by molar-refractivity contribution is -0.147. The molecule has 0 radical (unpaired) electrons. The molecule has 4 aromatic carbocycles. The lowest BCUT2D eigenvalue weighted by Gasteiger charge is -2.16. The van der Waals surface area contributed by atoms with Crippen LogP contribution in [0.4, 0.5) is 0 Å². The molecule has 0 saturated carbocycles. The molecule has 0 amide bonds. The summed E-state index contributed by atoms with van der Waals surface area (Å²) in [7, 11) is 0. The first-order valence-corrected chi connectivity index (χ1v) is 15.3. The Balaban J connectivity index is 0.881. The fourth-order valence-corrected chi connectivity index (χ4v) is 6.66. The third kappa shape index (κ3) is 6.28. The van der Waals surface area contributed by atoms with Gasteiger partial charge in [-0.05, 0) is 80.3 Å². The maximum absolute atomic E-state index is 12.5. The summed E-state index contributed by atoms with van der Waals surface area (Å²) in [5, 5.41) is 0. The predicted octanol–water partition coefficient (Wildman–Crippen LogP) is 7.62. The Kier molecular flexibility index (Phi) is 8.71. The van der Waals surface area contributed by atoms with E-state index < -0.39 is 0 Å². The van der Waals surface area contributed by atoms with Gasteiger partial charge in [0.05, 0.1) is 26.1 Å². The number of ether oxygens (including phenoxy) is 3. The van der Waals surface area contributed by atoms with Crippen LogP contribution in [0.3, 0.4) is 0 Å². The topological polar surface area (TPSA) is 61.8 Å². The third-order valence-corrected chi connectivity index (χ3v) is 8.76. The minimum absolute atomic E-state index is 0.0618. The smallest absolute Gasteiger partial charge is 0.306 e. The molecule has 4 aromatic rings. The highest BCUT2D eigenvalue weighted by atomic mass is 16.6. The lowest BCUT2D eigenvalue weighted by atomic mass is 9.90. The van der Waals surface area contributed by atoms with Crippen molar-refractivity contribution in [2.45, 2.75) is 51.4 Å². The van der Waals surface area contributed by atoms with Crippen molar-refractivity contribution in [2.75, 3.05) is 26.4 Å². The molecule has 43 heavy (non-hydrogen) atoms. The van der Waals surface area contributed by atoms with Gasteiger partial charge in [0.1, 0.15) is 13.2 Å². The fourth-order valence-electron chi connectivity index (χ4n) is 6.66. The van der Waals surface area contributed by atoms with Crippen molar-refractivity contribution in [1.29, 1.82) is 0 Å². The molecule has 0 bridgehead atoms. The first-order valence-electron chi connectivity index (χ1n) is 15.3. The second kappa shape index (κ2) is 13.0. The number of rotatable bonds is 12. The molecule has 0 saturated heterocycles. The van der Waals surface area contributed by atoms with Crippen molar-refractivity contribution in [3.63, 3.8) is 0 Å². The highest BCUT2D eigenvalue weighted by molar-refractivity contribution is 5.80. The Labute approximate surface area is 253 Å². The molecule has 2 aliphatic rings. The molecule has 5 nitrogen and oxygen atoms in total. The van der Waals surface area contributed by atoms with Crippen molar-refractivity contribution in [1.82, 2.24) is 0 Å². The van der Waals surface area contributed by atoms with E-state index in [0.29, 0.717) is 12.8 Å². The zero-order chi connectivity index (χ0) is 29.8. The first-order chi connectivity index (χ1) is 21.0. The van der Waals surface area contributed by atoms with Crippen LogP contribution >= 0.6 is 0 Å². The summed E-state index contributed by atoms with van der Waals surface area (Å²) in [5.74, 6) is -0.348. The van der Waals surface area contributed by atoms with Crippen LogP contribution in [0.2, 0.25) is 0 Å². The molecular formula is C38H38O5. The number of benzene rings is 4. The summed E-state index contributed by atoms with van der Waals surface area (Å²) >= 11 is 0. The molecule has 5 heteroatoms. The highest BCUT2D eigenvalue weighted by Crippen LogP contribution is 2.42. The standard InChI is InChI=1S/C38H38O5/c1-25(29-13-7-15-33-31-11-5-3-9-27(31)23-35(29)33)21-37(39)42-19-17-41-18-20-43-38(40)22-26(2)30-14-8-16-34-32-12-6-4-10-28(32)24-36(30)34/h3-16,25-26H,17-24H2,1-2H3. The summed E-state index contributed by atoms with van der Waals surface area (Å²) in [6, 6.07) is 29.7. The molecule has 0 N–H and O–H groups in total. The van der Waals surface area contributed by atoms with Gasteiger partial charge in [-0.25, -0.2) is 0 Å². The number of carbonyl (C=O) groups excluding carboxylic acids is 2. The van der Waals surface area contributed by atoms with Crippen molar-refractivity contribution in [3.8, 4) is 22.3 Å². The van der Waals surface area contributed by atoms with Crippen LogP contribution in [-0.2, 0) is 36.6 Å². The molecule has 0 aliphatic heterocycles. The molecule has 2 unspecified atom stereocenters. The van der Waals surface area contributed by atoms with E-state index in [2.05, 4.69) is 98.8 Å². The van der Waals surface area contributed by atoms with Gasteiger partial charge in [-0.1, -0.05) is 98.8 Å². The van der Waals surface area contributed by atoms with Crippen LogP contribution < -0.4 is 0 Å². The van der Waals surface area contributed by atoms with Crippen molar-refractivity contribution in [3.05, 3.63) is 118 Å². The minimum atomic E-state index is -0.236. The minimum Gasteiger partial charge on any atom is -0.463 e. The Morgan fingerprint density at radius 2 is 0.977 bits per heavy atom. The number of fused-ring (bicyclic) bond motifs is 6. The van der Waals surface area contributed by atoms with E-state index in [1.54, 1.807) is 0 Å². The Morgan fingerprint density at radius 1 is 0.558 bits per heavy atom. The zero-order valence-electron chi connectivity index (χ0n) is 24.9. The van der Waals surface area contributed by atoms with Gasteiger partial charge in [-0.15, -0.1) is 0 Å². The highest BCUT2D eigenvalue weighted by Gasteiger charge is 2.25. The monoisotopic (exact) mass is 574 g/mol. The van der Waals surface area contributed by atoms with Gasteiger partial charge in [0.25, 0.3) is 0 Å². The first kappa shape index (κ1) is 28.9. The van der Waals surface area contributed by atoms with Gasteiger partial charge < -0.3 is 14.2 Å². The molecule has 0 spiro atoms. The van der Waals surface area contributed by atoms with Crippen LogP contribution in [0.15, 0.2) is 84.9 Å². The third-order valence-electron chi connectivity index (χ3n) is 8.76. The van der Waals surface area contributed by atoms with Gasteiger partial charge in [0.15, 0.2) is 0 Å². The largest absolute Gasteiger partial charge is 0.463 e. The van der Waals surface area contributed by atoms with Crippen molar-refractivity contribution in [2.24, 2.45) is 0 Å². The maximum atomic E-state index is 12.5. The van der Waals surface area contributed by atoms with Crippen molar-refractivity contribution >= 4 is 11.9 Å². The van der Waals surface area contributed by atoms with E-state index in [-0.39, 0.29) is 50.2 Å². The number of hydrogen-bond acceptors (Lipinski definition) is 5. The zero-order valence-corrected chi connectivity index (χ0v) is 24.9. The van der Waals surface area contributed by atoms with E-state index in [1.807, 2.05) is 0 Å². The number of hydrogen-bond donors (Lipinski definition) is 0. The summed E-state index contributed by atoms with van der Waals surface area (Å²) in [6.45, 7) is 5.04.